The van der Waals surface area contributed by atoms with Crippen molar-refractivity contribution in [3.63, 3.8) is 0 Å². The zero-order valence-electron chi connectivity index (χ0n) is 16.4. The quantitative estimate of drug-likeness (QED) is 0.853. The Morgan fingerprint density at radius 1 is 0.926 bits per heavy atom. The number of para-hydroxylation sites is 2. The molecular weight excluding hydrogens is 338 g/mol. The molecule has 1 unspecified atom stereocenters. The van der Waals surface area contributed by atoms with Gasteiger partial charge in [0.2, 0.25) is 0 Å². The van der Waals surface area contributed by atoms with Gasteiger partial charge in [-0.15, -0.1) is 0 Å². The van der Waals surface area contributed by atoms with Crippen molar-refractivity contribution in [2.75, 3.05) is 31.5 Å². The molecular formula is C22H29N3O2. The summed E-state index contributed by atoms with van der Waals surface area (Å²) >= 11 is 0. The van der Waals surface area contributed by atoms with Crippen LogP contribution in [0.4, 0.5) is 10.5 Å². The molecule has 2 amide bonds. The van der Waals surface area contributed by atoms with E-state index in [0.29, 0.717) is 11.8 Å². The number of piperazine rings is 1. The molecule has 1 aliphatic heterocycles. The number of amides is 2. The van der Waals surface area contributed by atoms with Crippen molar-refractivity contribution < 1.29 is 9.53 Å². The zero-order valence-corrected chi connectivity index (χ0v) is 16.4. The van der Waals surface area contributed by atoms with Crippen LogP contribution in [0, 0.1) is 0 Å². The Balaban J connectivity index is 1.56. The van der Waals surface area contributed by atoms with Gasteiger partial charge in [0.05, 0.1) is 11.8 Å². The van der Waals surface area contributed by atoms with Gasteiger partial charge in [0.1, 0.15) is 5.75 Å². The largest absolute Gasteiger partial charge is 0.489 e. The lowest BCUT2D eigenvalue weighted by Crippen LogP contribution is -2.50. The van der Waals surface area contributed by atoms with E-state index in [1.807, 2.05) is 49.1 Å². The third kappa shape index (κ3) is 5.01. The second-order valence-corrected chi connectivity index (χ2v) is 7.20. The first-order valence-corrected chi connectivity index (χ1v) is 9.65. The van der Waals surface area contributed by atoms with Crippen LogP contribution in [0.15, 0.2) is 54.6 Å². The summed E-state index contributed by atoms with van der Waals surface area (Å²) in [5, 5.41) is 3.00. The standard InChI is InChI=1S/C22H29N3O2/c1-17(2)27-21-12-8-7-11-20(21)23-22(26)25-15-13-24(14-16-25)18(3)19-9-5-4-6-10-19/h4-12,17-18H,13-16H2,1-3H3,(H,23,26). The SMILES string of the molecule is CC(C)Oc1ccccc1NC(=O)N1CCN(C(C)c2ccccc2)CC1. The fraction of sp³-hybridized carbons (Fsp3) is 0.409. The van der Waals surface area contributed by atoms with E-state index in [1.54, 1.807) is 0 Å². The lowest BCUT2D eigenvalue weighted by Gasteiger charge is -2.38. The Morgan fingerprint density at radius 2 is 1.56 bits per heavy atom. The minimum Gasteiger partial charge on any atom is -0.489 e. The number of nitrogens with zero attached hydrogens (tertiary/aromatic N) is 2. The summed E-state index contributed by atoms with van der Waals surface area (Å²) in [7, 11) is 0. The molecule has 2 aromatic carbocycles. The van der Waals surface area contributed by atoms with Crippen LogP contribution >= 0.6 is 0 Å². The third-order valence-electron chi connectivity index (χ3n) is 4.92. The Labute approximate surface area is 161 Å². The predicted octanol–water partition coefficient (Wildman–Crippen LogP) is 4.38. The Kier molecular flexibility index (Phi) is 6.35. The van der Waals surface area contributed by atoms with Gasteiger partial charge in [-0.3, -0.25) is 4.90 Å². The number of anilines is 1. The number of carbonyl (C=O) groups is 1. The molecule has 27 heavy (non-hydrogen) atoms. The minimum absolute atomic E-state index is 0.0612. The van der Waals surface area contributed by atoms with Crippen molar-refractivity contribution in [2.45, 2.75) is 32.9 Å². The highest BCUT2D eigenvalue weighted by Crippen LogP contribution is 2.26. The van der Waals surface area contributed by atoms with E-state index in [9.17, 15) is 4.79 Å². The highest BCUT2D eigenvalue weighted by molar-refractivity contribution is 5.91. The minimum atomic E-state index is -0.0678. The number of benzene rings is 2. The van der Waals surface area contributed by atoms with Crippen LogP contribution in [0.25, 0.3) is 0 Å². The van der Waals surface area contributed by atoms with Crippen molar-refractivity contribution in [2.24, 2.45) is 0 Å². The average Bonchev–Trinajstić information content (AvgIpc) is 2.69. The number of hydrogen-bond acceptors (Lipinski definition) is 3. The number of urea groups is 1. The molecule has 1 atom stereocenters. The molecule has 0 radical (unpaired) electrons. The van der Waals surface area contributed by atoms with Crippen LogP contribution in [0.1, 0.15) is 32.4 Å². The fourth-order valence-electron chi connectivity index (χ4n) is 3.38. The van der Waals surface area contributed by atoms with Crippen LogP contribution in [0.3, 0.4) is 0 Å². The van der Waals surface area contributed by atoms with E-state index in [4.69, 9.17) is 4.74 Å². The smallest absolute Gasteiger partial charge is 0.322 e. The molecule has 2 aromatic rings. The molecule has 1 fully saturated rings. The van der Waals surface area contributed by atoms with Gasteiger partial charge in [0.25, 0.3) is 0 Å². The molecule has 1 N–H and O–H groups in total. The van der Waals surface area contributed by atoms with Crippen LogP contribution < -0.4 is 10.1 Å². The normalized spacial score (nSPS) is 16.2. The van der Waals surface area contributed by atoms with Crippen LogP contribution in [-0.4, -0.2) is 48.1 Å². The van der Waals surface area contributed by atoms with E-state index in [2.05, 4.69) is 41.4 Å². The second-order valence-electron chi connectivity index (χ2n) is 7.20. The molecule has 0 bridgehead atoms. The summed E-state index contributed by atoms with van der Waals surface area (Å²) in [6.07, 6.45) is 0.0612. The molecule has 0 aromatic heterocycles. The molecule has 1 heterocycles. The van der Waals surface area contributed by atoms with Gasteiger partial charge < -0.3 is 15.0 Å². The molecule has 0 saturated carbocycles. The van der Waals surface area contributed by atoms with Gasteiger partial charge >= 0.3 is 6.03 Å². The molecule has 0 aliphatic carbocycles. The van der Waals surface area contributed by atoms with E-state index in [1.165, 1.54) is 5.56 Å². The summed E-state index contributed by atoms with van der Waals surface area (Å²) < 4.78 is 5.79. The van der Waals surface area contributed by atoms with Gasteiger partial charge in [0.15, 0.2) is 0 Å². The van der Waals surface area contributed by atoms with Gasteiger partial charge in [-0.2, -0.15) is 0 Å². The Morgan fingerprint density at radius 3 is 2.22 bits per heavy atom. The summed E-state index contributed by atoms with van der Waals surface area (Å²) in [6.45, 7) is 9.36. The highest BCUT2D eigenvalue weighted by atomic mass is 16.5. The monoisotopic (exact) mass is 367 g/mol. The summed E-state index contributed by atoms with van der Waals surface area (Å²) in [6, 6.07) is 18.4. The summed E-state index contributed by atoms with van der Waals surface area (Å²) in [5.74, 6) is 0.706. The maximum Gasteiger partial charge on any atom is 0.322 e. The van der Waals surface area contributed by atoms with Gasteiger partial charge in [0, 0.05) is 32.2 Å². The lowest BCUT2D eigenvalue weighted by molar-refractivity contribution is 0.119. The third-order valence-corrected chi connectivity index (χ3v) is 4.92. The number of carbonyl (C=O) groups excluding carboxylic acids is 1. The van der Waals surface area contributed by atoms with Gasteiger partial charge in [-0.05, 0) is 38.5 Å². The first-order chi connectivity index (χ1) is 13.0. The maximum absolute atomic E-state index is 12.7. The van der Waals surface area contributed by atoms with E-state index < -0.39 is 0 Å². The number of hydrogen-bond donors (Lipinski definition) is 1. The average molecular weight is 367 g/mol. The van der Waals surface area contributed by atoms with E-state index >= 15 is 0 Å². The van der Waals surface area contributed by atoms with E-state index in [-0.39, 0.29) is 12.1 Å². The van der Waals surface area contributed by atoms with Crippen molar-refractivity contribution >= 4 is 11.7 Å². The number of rotatable bonds is 5. The molecule has 1 aliphatic rings. The summed E-state index contributed by atoms with van der Waals surface area (Å²) in [4.78, 5) is 17.0. The van der Waals surface area contributed by atoms with Crippen LogP contribution in [-0.2, 0) is 0 Å². The zero-order chi connectivity index (χ0) is 19.2. The van der Waals surface area contributed by atoms with Gasteiger partial charge in [-0.1, -0.05) is 42.5 Å². The number of ether oxygens (including phenoxy) is 1. The van der Waals surface area contributed by atoms with Crippen molar-refractivity contribution in [1.82, 2.24) is 9.80 Å². The lowest BCUT2D eigenvalue weighted by atomic mass is 10.1. The maximum atomic E-state index is 12.7. The first kappa shape index (κ1) is 19.2. The summed E-state index contributed by atoms with van der Waals surface area (Å²) in [5.41, 5.74) is 2.03. The molecule has 5 nitrogen and oxygen atoms in total. The Bertz CT molecular complexity index is 740. The fourth-order valence-corrected chi connectivity index (χ4v) is 3.38. The topological polar surface area (TPSA) is 44.8 Å². The first-order valence-electron chi connectivity index (χ1n) is 9.65. The van der Waals surface area contributed by atoms with Gasteiger partial charge in [-0.25, -0.2) is 4.79 Å². The van der Waals surface area contributed by atoms with Crippen molar-refractivity contribution in [3.05, 3.63) is 60.2 Å². The van der Waals surface area contributed by atoms with Crippen LogP contribution in [0.5, 0.6) is 5.75 Å². The molecule has 5 heteroatoms. The van der Waals surface area contributed by atoms with Crippen LogP contribution in [0.2, 0.25) is 0 Å². The molecule has 3 rings (SSSR count). The predicted molar refractivity (Wildman–Crippen MR) is 109 cm³/mol. The van der Waals surface area contributed by atoms with Crippen molar-refractivity contribution in [1.29, 1.82) is 0 Å². The number of nitrogens with one attached hydrogen (secondary N) is 1. The van der Waals surface area contributed by atoms with E-state index in [0.717, 1.165) is 31.9 Å². The highest BCUT2D eigenvalue weighted by Gasteiger charge is 2.25. The molecule has 144 valence electrons. The molecule has 0 spiro atoms. The Hall–Kier alpha value is -2.53. The second kappa shape index (κ2) is 8.91. The molecule has 1 saturated heterocycles. The van der Waals surface area contributed by atoms with Crippen molar-refractivity contribution in [3.8, 4) is 5.75 Å².